The monoisotopic (exact) mass is 232 g/mol. The number of carbonyl (C=O) groups excluding carboxylic acids is 2. The molecule has 2 rings (SSSR count). The Morgan fingerprint density at radius 2 is 2.12 bits per heavy atom. The third-order valence-corrected chi connectivity index (χ3v) is 2.97. The van der Waals surface area contributed by atoms with Crippen LogP contribution in [0.1, 0.15) is 31.4 Å². The Kier molecular flexibility index (Phi) is 3.42. The zero-order valence-corrected chi connectivity index (χ0v) is 9.77. The van der Waals surface area contributed by atoms with Gasteiger partial charge in [0.05, 0.1) is 6.04 Å². The Morgan fingerprint density at radius 1 is 1.41 bits per heavy atom. The van der Waals surface area contributed by atoms with Gasteiger partial charge in [0.1, 0.15) is 6.04 Å². The number of rotatable bonds is 3. The molecular formula is C13H16N2O2. The molecule has 2 amide bonds. The zero-order valence-electron chi connectivity index (χ0n) is 9.77. The lowest BCUT2D eigenvalue weighted by Gasteiger charge is -2.17. The van der Waals surface area contributed by atoms with Gasteiger partial charge in [-0.25, -0.2) is 0 Å². The van der Waals surface area contributed by atoms with Gasteiger partial charge in [0.15, 0.2) is 0 Å². The van der Waals surface area contributed by atoms with Gasteiger partial charge in [0.2, 0.25) is 11.8 Å². The largest absolute Gasteiger partial charge is 0.348 e. The first-order valence-corrected chi connectivity index (χ1v) is 5.81. The highest BCUT2D eigenvalue weighted by Gasteiger charge is 2.27. The van der Waals surface area contributed by atoms with Crippen LogP contribution in [0.15, 0.2) is 30.3 Å². The van der Waals surface area contributed by atoms with Crippen LogP contribution in [0.25, 0.3) is 0 Å². The molecule has 0 aromatic heterocycles. The summed E-state index contributed by atoms with van der Waals surface area (Å²) in [4.78, 5) is 22.9. The molecule has 4 heteroatoms. The van der Waals surface area contributed by atoms with E-state index in [0.717, 1.165) is 5.56 Å². The van der Waals surface area contributed by atoms with Crippen LogP contribution in [0.3, 0.4) is 0 Å². The van der Waals surface area contributed by atoms with Gasteiger partial charge in [0.25, 0.3) is 0 Å². The van der Waals surface area contributed by atoms with Crippen LogP contribution in [0, 0.1) is 0 Å². The van der Waals surface area contributed by atoms with E-state index >= 15 is 0 Å². The molecule has 1 saturated heterocycles. The minimum absolute atomic E-state index is 0.0406. The summed E-state index contributed by atoms with van der Waals surface area (Å²) in [7, 11) is 0. The Bertz CT molecular complexity index is 417. The quantitative estimate of drug-likeness (QED) is 0.821. The lowest BCUT2D eigenvalue weighted by Crippen LogP contribution is -2.42. The van der Waals surface area contributed by atoms with Crippen LogP contribution < -0.4 is 10.6 Å². The minimum Gasteiger partial charge on any atom is -0.348 e. The zero-order chi connectivity index (χ0) is 12.3. The molecule has 1 heterocycles. The van der Waals surface area contributed by atoms with Gasteiger partial charge in [-0.15, -0.1) is 0 Å². The highest BCUT2D eigenvalue weighted by atomic mass is 16.2. The second-order valence-electron chi connectivity index (χ2n) is 4.30. The summed E-state index contributed by atoms with van der Waals surface area (Å²) in [6.45, 7) is 1.93. The average molecular weight is 232 g/mol. The third kappa shape index (κ3) is 2.84. The maximum Gasteiger partial charge on any atom is 0.243 e. The number of benzene rings is 1. The molecule has 2 N–H and O–H groups in total. The van der Waals surface area contributed by atoms with E-state index in [4.69, 9.17) is 0 Å². The smallest absolute Gasteiger partial charge is 0.243 e. The maximum absolute atomic E-state index is 11.8. The normalized spacial score (nSPS) is 20.8. The Labute approximate surface area is 100 Å². The number of carbonyl (C=O) groups is 2. The predicted molar refractivity (Wildman–Crippen MR) is 64.2 cm³/mol. The van der Waals surface area contributed by atoms with E-state index in [0.29, 0.717) is 12.8 Å². The third-order valence-electron chi connectivity index (χ3n) is 2.97. The van der Waals surface area contributed by atoms with Crippen molar-refractivity contribution < 1.29 is 9.59 Å². The predicted octanol–water partition coefficient (Wildman–Crippen LogP) is 1.14. The van der Waals surface area contributed by atoms with Gasteiger partial charge in [-0.1, -0.05) is 30.3 Å². The van der Waals surface area contributed by atoms with E-state index in [1.54, 1.807) is 0 Å². The summed E-state index contributed by atoms with van der Waals surface area (Å²) in [5.41, 5.74) is 1.06. The van der Waals surface area contributed by atoms with Crippen LogP contribution >= 0.6 is 0 Å². The van der Waals surface area contributed by atoms with Crippen LogP contribution in [-0.2, 0) is 9.59 Å². The van der Waals surface area contributed by atoms with E-state index in [9.17, 15) is 9.59 Å². The molecule has 17 heavy (non-hydrogen) atoms. The first-order valence-electron chi connectivity index (χ1n) is 5.81. The fourth-order valence-corrected chi connectivity index (χ4v) is 1.95. The van der Waals surface area contributed by atoms with Crippen LogP contribution in [-0.4, -0.2) is 17.9 Å². The maximum atomic E-state index is 11.8. The topological polar surface area (TPSA) is 58.2 Å². The summed E-state index contributed by atoms with van der Waals surface area (Å²) in [6.07, 6.45) is 1.03. The van der Waals surface area contributed by atoms with Gasteiger partial charge in [-0.05, 0) is 18.9 Å². The van der Waals surface area contributed by atoms with E-state index in [1.165, 1.54) is 0 Å². The second-order valence-corrected chi connectivity index (χ2v) is 4.30. The average Bonchev–Trinajstić information content (AvgIpc) is 2.77. The minimum atomic E-state index is -0.367. The van der Waals surface area contributed by atoms with Crippen molar-refractivity contribution in [1.29, 1.82) is 0 Å². The van der Waals surface area contributed by atoms with Gasteiger partial charge in [-0.3, -0.25) is 9.59 Å². The molecule has 0 radical (unpaired) electrons. The first kappa shape index (κ1) is 11.6. The van der Waals surface area contributed by atoms with E-state index in [-0.39, 0.29) is 23.9 Å². The molecule has 1 fully saturated rings. The molecule has 1 aliphatic heterocycles. The van der Waals surface area contributed by atoms with Crippen LogP contribution in [0.5, 0.6) is 0 Å². The van der Waals surface area contributed by atoms with Crippen molar-refractivity contribution in [1.82, 2.24) is 10.6 Å². The van der Waals surface area contributed by atoms with Crippen LogP contribution in [0.4, 0.5) is 0 Å². The molecule has 2 atom stereocenters. The van der Waals surface area contributed by atoms with E-state index in [1.807, 2.05) is 37.3 Å². The SMILES string of the molecule is C[C@@H](NC(=O)[C@H]1CCC(=O)N1)c1ccccc1. The number of nitrogens with one attached hydrogen (secondary N) is 2. The molecule has 1 aromatic carbocycles. The van der Waals surface area contributed by atoms with Crippen molar-refractivity contribution in [2.75, 3.05) is 0 Å². The molecule has 0 saturated carbocycles. The summed E-state index contributed by atoms with van der Waals surface area (Å²) in [5, 5.41) is 5.56. The lowest BCUT2D eigenvalue weighted by molar-refractivity contribution is -0.126. The molecule has 0 bridgehead atoms. The molecule has 0 spiro atoms. The number of amides is 2. The number of hydrogen-bond donors (Lipinski definition) is 2. The fraction of sp³-hybridized carbons (Fsp3) is 0.385. The van der Waals surface area contributed by atoms with Gasteiger partial charge in [0, 0.05) is 6.42 Å². The lowest BCUT2D eigenvalue weighted by atomic mass is 10.1. The standard InChI is InChI=1S/C13H16N2O2/c1-9(10-5-3-2-4-6-10)14-13(17)11-7-8-12(16)15-11/h2-6,9,11H,7-8H2,1H3,(H,14,17)(H,15,16)/t9-,11-/m1/s1. The molecule has 90 valence electrons. The second kappa shape index (κ2) is 4.99. The molecule has 0 aliphatic carbocycles. The fourth-order valence-electron chi connectivity index (χ4n) is 1.95. The van der Waals surface area contributed by atoms with Crippen molar-refractivity contribution >= 4 is 11.8 Å². The molecular weight excluding hydrogens is 216 g/mol. The van der Waals surface area contributed by atoms with Crippen molar-refractivity contribution in [3.05, 3.63) is 35.9 Å². The summed E-state index contributed by atoms with van der Waals surface area (Å²) >= 11 is 0. The first-order chi connectivity index (χ1) is 8.16. The van der Waals surface area contributed by atoms with Gasteiger partial charge >= 0.3 is 0 Å². The Hall–Kier alpha value is -1.84. The van der Waals surface area contributed by atoms with Crippen LogP contribution in [0.2, 0.25) is 0 Å². The van der Waals surface area contributed by atoms with Crippen molar-refractivity contribution in [3.8, 4) is 0 Å². The Morgan fingerprint density at radius 3 is 2.71 bits per heavy atom. The van der Waals surface area contributed by atoms with E-state index < -0.39 is 0 Å². The summed E-state index contributed by atoms with van der Waals surface area (Å²) in [6, 6.07) is 9.35. The van der Waals surface area contributed by atoms with Crippen molar-refractivity contribution in [2.45, 2.75) is 31.8 Å². The molecule has 4 nitrogen and oxygen atoms in total. The highest BCUT2D eigenvalue weighted by molar-refractivity contribution is 5.90. The van der Waals surface area contributed by atoms with Crippen molar-refractivity contribution in [2.24, 2.45) is 0 Å². The molecule has 1 aliphatic rings. The van der Waals surface area contributed by atoms with Gasteiger partial charge < -0.3 is 10.6 Å². The summed E-state index contributed by atoms with van der Waals surface area (Å²) in [5.74, 6) is -0.148. The highest BCUT2D eigenvalue weighted by Crippen LogP contribution is 2.13. The Balaban J connectivity index is 1.93. The van der Waals surface area contributed by atoms with Gasteiger partial charge in [-0.2, -0.15) is 0 Å². The molecule has 0 unspecified atom stereocenters. The summed E-state index contributed by atoms with van der Waals surface area (Å²) < 4.78 is 0. The molecule has 1 aromatic rings. The van der Waals surface area contributed by atoms with E-state index in [2.05, 4.69) is 10.6 Å². The number of hydrogen-bond acceptors (Lipinski definition) is 2. The van der Waals surface area contributed by atoms with Crippen molar-refractivity contribution in [3.63, 3.8) is 0 Å².